The molecule has 0 aliphatic heterocycles. The molecule has 0 amide bonds. The first-order valence-electron chi connectivity index (χ1n) is 8.22. The van der Waals surface area contributed by atoms with E-state index in [9.17, 15) is 0 Å². The molecule has 3 rings (SSSR count). The Kier molecular flexibility index (Phi) is 6.79. The lowest BCUT2D eigenvalue weighted by Crippen LogP contribution is -2.22. The number of anilines is 2. The van der Waals surface area contributed by atoms with Crippen LogP contribution in [0.1, 0.15) is 11.1 Å². The molecule has 0 atom stereocenters. The predicted molar refractivity (Wildman–Crippen MR) is 122 cm³/mol. The first-order valence-corrected chi connectivity index (χ1v) is 8.22. The fraction of sp³-hybridized carbons (Fsp3) is 0.200. The van der Waals surface area contributed by atoms with E-state index in [1.54, 1.807) is 0 Å². The second-order valence-corrected chi connectivity index (χ2v) is 6.24. The Morgan fingerprint density at radius 2 is 1.81 bits per heavy atom. The van der Waals surface area contributed by atoms with Crippen LogP contribution in [0.15, 0.2) is 59.6 Å². The first kappa shape index (κ1) is 20.0. The maximum absolute atomic E-state index is 6.05. The van der Waals surface area contributed by atoms with Crippen molar-refractivity contribution in [2.45, 2.75) is 13.5 Å². The molecule has 3 N–H and O–H groups in total. The minimum absolute atomic E-state index is 0. The van der Waals surface area contributed by atoms with Gasteiger partial charge in [0.15, 0.2) is 5.96 Å². The molecular formula is C20H24IN5. The number of guanidine groups is 1. The molecule has 0 saturated heterocycles. The number of pyridine rings is 1. The summed E-state index contributed by atoms with van der Waals surface area (Å²) < 4.78 is 0. The number of halogens is 1. The lowest BCUT2D eigenvalue weighted by Gasteiger charge is -2.14. The summed E-state index contributed by atoms with van der Waals surface area (Å²) >= 11 is 0. The van der Waals surface area contributed by atoms with Gasteiger partial charge in [-0.05, 0) is 36.8 Å². The van der Waals surface area contributed by atoms with Gasteiger partial charge in [0, 0.05) is 25.2 Å². The Morgan fingerprint density at radius 1 is 1.12 bits per heavy atom. The monoisotopic (exact) mass is 461 g/mol. The summed E-state index contributed by atoms with van der Waals surface area (Å²) in [6.45, 7) is 2.55. The van der Waals surface area contributed by atoms with Crippen molar-refractivity contribution in [2.75, 3.05) is 24.3 Å². The summed E-state index contributed by atoms with van der Waals surface area (Å²) in [7, 11) is 3.97. The quantitative estimate of drug-likeness (QED) is 0.348. The molecule has 3 aromatic rings. The second kappa shape index (κ2) is 8.84. The van der Waals surface area contributed by atoms with Gasteiger partial charge in [0.05, 0.1) is 12.1 Å². The van der Waals surface area contributed by atoms with Gasteiger partial charge in [0.25, 0.3) is 0 Å². The van der Waals surface area contributed by atoms with Crippen LogP contribution in [0.4, 0.5) is 11.5 Å². The van der Waals surface area contributed by atoms with E-state index in [1.165, 1.54) is 5.56 Å². The summed E-state index contributed by atoms with van der Waals surface area (Å²) in [6.07, 6.45) is 0. The largest absolute Gasteiger partial charge is 0.370 e. The molecule has 136 valence electrons. The number of benzene rings is 2. The Morgan fingerprint density at radius 3 is 2.50 bits per heavy atom. The van der Waals surface area contributed by atoms with Gasteiger partial charge in [-0.25, -0.2) is 9.98 Å². The van der Waals surface area contributed by atoms with E-state index in [0.29, 0.717) is 12.5 Å². The summed E-state index contributed by atoms with van der Waals surface area (Å²) in [6, 6.07) is 18.2. The maximum Gasteiger partial charge on any atom is 0.193 e. The van der Waals surface area contributed by atoms with Crippen molar-refractivity contribution in [3.05, 3.63) is 65.7 Å². The highest BCUT2D eigenvalue weighted by Crippen LogP contribution is 2.22. The van der Waals surface area contributed by atoms with Crippen LogP contribution in [-0.2, 0) is 6.54 Å². The van der Waals surface area contributed by atoms with Crippen molar-refractivity contribution in [1.82, 2.24) is 4.98 Å². The Hall–Kier alpha value is -2.35. The third kappa shape index (κ3) is 4.85. The van der Waals surface area contributed by atoms with E-state index < -0.39 is 0 Å². The SMILES string of the molecule is Cc1ccc(NC(N)=NCc2cc(N(C)C)nc3ccccc23)cc1.I. The van der Waals surface area contributed by atoms with Crippen LogP contribution in [-0.4, -0.2) is 25.0 Å². The van der Waals surface area contributed by atoms with Crippen molar-refractivity contribution in [3.8, 4) is 0 Å². The molecule has 0 aliphatic carbocycles. The average molecular weight is 461 g/mol. The fourth-order valence-electron chi connectivity index (χ4n) is 2.59. The third-order valence-corrected chi connectivity index (χ3v) is 3.99. The third-order valence-electron chi connectivity index (χ3n) is 3.99. The van der Waals surface area contributed by atoms with Gasteiger partial charge in [-0.15, -0.1) is 24.0 Å². The van der Waals surface area contributed by atoms with E-state index in [4.69, 9.17) is 5.73 Å². The van der Waals surface area contributed by atoms with Crippen molar-refractivity contribution in [1.29, 1.82) is 0 Å². The number of nitrogens with zero attached hydrogens (tertiary/aromatic N) is 3. The zero-order valence-electron chi connectivity index (χ0n) is 15.2. The minimum Gasteiger partial charge on any atom is -0.370 e. The summed E-state index contributed by atoms with van der Waals surface area (Å²) in [5, 5.41) is 4.22. The summed E-state index contributed by atoms with van der Waals surface area (Å²) in [5.41, 5.74) is 10.2. The van der Waals surface area contributed by atoms with E-state index in [0.717, 1.165) is 28.0 Å². The predicted octanol–water partition coefficient (Wildman–Crippen LogP) is 4.15. The molecule has 5 nitrogen and oxygen atoms in total. The zero-order chi connectivity index (χ0) is 17.8. The standard InChI is InChI=1S/C20H23N5.HI/c1-14-8-10-16(11-9-14)23-20(21)22-13-15-12-19(25(2)3)24-18-7-5-4-6-17(15)18;/h4-12H,13H2,1-3H3,(H3,21,22,23);1H. The van der Waals surface area contributed by atoms with Gasteiger partial charge in [-0.1, -0.05) is 35.9 Å². The van der Waals surface area contributed by atoms with Gasteiger partial charge in [0.2, 0.25) is 0 Å². The van der Waals surface area contributed by atoms with Gasteiger partial charge in [0.1, 0.15) is 5.82 Å². The highest BCUT2D eigenvalue weighted by atomic mass is 127. The molecule has 0 aliphatic rings. The normalized spacial score (nSPS) is 11.1. The molecule has 26 heavy (non-hydrogen) atoms. The number of para-hydroxylation sites is 1. The molecule has 0 fully saturated rings. The number of hydrogen-bond donors (Lipinski definition) is 2. The summed E-state index contributed by atoms with van der Waals surface area (Å²) in [5.74, 6) is 1.31. The number of rotatable bonds is 4. The van der Waals surface area contributed by atoms with Crippen LogP contribution < -0.4 is 16.0 Å². The minimum atomic E-state index is 0. The molecule has 0 radical (unpaired) electrons. The van der Waals surface area contributed by atoms with E-state index in [-0.39, 0.29) is 24.0 Å². The Bertz CT molecular complexity index is 904. The fourth-order valence-corrected chi connectivity index (χ4v) is 2.59. The number of aryl methyl sites for hydroxylation is 1. The van der Waals surface area contributed by atoms with E-state index in [1.807, 2.05) is 61.5 Å². The van der Waals surface area contributed by atoms with Crippen molar-refractivity contribution >= 4 is 52.3 Å². The van der Waals surface area contributed by atoms with Crippen molar-refractivity contribution in [3.63, 3.8) is 0 Å². The molecule has 6 heteroatoms. The van der Waals surface area contributed by atoms with Crippen LogP contribution in [0.25, 0.3) is 10.9 Å². The van der Waals surface area contributed by atoms with Crippen LogP contribution in [0, 0.1) is 6.92 Å². The average Bonchev–Trinajstić information content (AvgIpc) is 2.61. The lowest BCUT2D eigenvalue weighted by atomic mass is 10.1. The molecule has 1 aromatic heterocycles. The van der Waals surface area contributed by atoms with E-state index in [2.05, 4.69) is 34.3 Å². The highest BCUT2D eigenvalue weighted by Gasteiger charge is 2.07. The molecule has 0 spiro atoms. The number of nitrogens with one attached hydrogen (secondary N) is 1. The van der Waals surface area contributed by atoms with E-state index >= 15 is 0 Å². The van der Waals surface area contributed by atoms with Gasteiger partial charge < -0.3 is 16.0 Å². The van der Waals surface area contributed by atoms with Crippen molar-refractivity contribution < 1.29 is 0 Å². The summed E-state index contributed by atoms with van der Waals surface area (Å²) in [4.78, 5) is 11.2. The second-order valence-electron chi connectivity index (χ2n) is 6.24. The molecule has 0 saturated carbocycles. The number of aromatic nitrogens is 1. The number of fused-ring (bicyclic) bond motifs is 1. The van der Waals surface area contributed by atoms with Crippen LogP contribution in [0.5, 0.6) is 0 Å². The molecular weight excluding hydrogens is 437 g/mol. The number of nitrogens with two attached hydrogens (primary N) is 1. The Balaban J connectivity index is 0.00000243. The smallest absolute Gasteiger partial charge is 0.193 e. The molecule has 2 aromatic carbocycles. The maximum atomic E-state index is 6.05. The lowest BCUT2D eigenvalue weighted by molar-refractivity contribution is 1.04. The molecule has 1 heterocycles. The van der Waals surface area contributed by atoms with Gasteiger partial charge in [-0.2, -0.15) is 0 Å². The highest BCUT2D eigenvalue weighted by molar-refractivity contribution is 14.0. The first-order chi connectivity index (χ1) is 12.0. The number of hydrogen-bond acceptors (Lipinski definition) is 3. The van der Waals surface area contributed by atoms with Crippen molar-refractivity contribution in [2.24, 2.45) is 10.7 Å². The molecule has 0 unspecified atom stereocenters. The van der Waals surface area contributed by atoms with Gasteiger partial charge >= 0.3 is 0 Å². The topological polar surface area (TPSA) is 66.5 Å². The van der Waals surface area contributed by atoms with Crippen LogP contribution in [0.2, 0.25) is 0 Å². The number of aliphatic imine (C=N–C) groups is 1. The van der Waals surface area contributed by atoms with Gasteiger partial charge in [-0.3, -0.25) is 0 Å². The van der Waals surface area contributed by atoms with Crippen LogP contribution >= 0.6 is 24.0 Å². The van der Waals surface area contributed by atoms with Crippen LogP contribution in [0.3, 0.4) is 0 Å². The zero-order valence-corrected chi connectivity index (χ0v) is 17.6. The Labute approximate surface area is 171 Å². The molecule has 0 bridgehead atoms.